The van der Waals surface area contributed by atoms with Gasteiger partial charge in [-0.05, 0) is 86.8 Å². The summed E-state index contributed by atoms with van der Waals surface area (Å²) < 4.78 is 11.5. The van der Waals surface area contributed by atoms with Gasteiger partial charge in [-0.3, -0.25) is 0 Å². The SMILES string of the molecule is CCCCC[C@H](O)CC[C@@H]1[C@H]2Cc3cccc(OCC(O)O[C@@H](C)CC)c3C[C@H]2C[C@H]1O. The van der Waals surface area contributed by atoms with E-state index in [1.165, 1.54) is 24.0 Å². The number of hydrogen-bond acceptors (Lipinski definition) is 5. The van der Waals surface area contributed by atoms with Crippen LogP contribution < -0.4 is 4.74 Å². The van der Waals surface area contributed by atoms with E-state index < -0.39 is 6.29 Å². The summed E-state index contributed by atoms with van der Waals surface area (Å²) in [5.74, 6) is 2.02. The van der Waals surface area contributed by atoms with E-state index in [4.69, 9.17) is 9.47 Å². The van der Waals surface area contributed by atoms with Gasteiger partial charge >= 0.3 is 0 Å². The van der Waals surface area contributed by atoms with E-state index in [9.17, 15) is 15.3 Å². The predicted octanol–water partition coefficient (Wildman–Crippen LogP) is 4.63. The number of unbranched alkanes of at least 4 members (excludes halogenated alkanes) is 2. The maximum absolute atomic E-state index is 10.8. The highest BCUT2D eigenvalue weighted by atomic mass is 16.6. The molecule has 5 heteroatoms. The van der Waals surface area contributed by atoms with E-state index >= 15 is 0 Å². The highest BCUT2D eigenvalue weighted by Crippen LogP contribution is 2.48. The molecular weight excluding hydrogens is 404 g/mol. The number of aliphatic hydroxyl groups excluding tert-OH is 3. The third-order valence-corrected chi connectivity index (χ3v) is 7.67. The van der Waals surface area contributed by atoms with E-state index in [-0.39, 0.29) is 30.8 Å². The van der Waals surface area contributed by atoms with Crippen LogP contribution in [0.15, 0.2) is 18.2 Å². The largest absolute Gasteiger partial charge is 0.488 e. The lowest BCUT2D eigenvalue weighted by atomic mass is 9.73. The molecule has 0 saturated heterocycles. The van der Waals surface area contributed by atoms with Crippen LogP contribution in [-0.2, 0) is 17.6 Å². The zero-order chi connectivity index (χ0) is 23.1. The van der Waals surface area contributed by atoms with Gasteiger partial charge in [0.1, 0.15) is 12.4 Å². The molecule has 1 aromatic carbocycles. The van der Waals surface area contributed by atoms with Crippen LogP contribution in [0, 0.1) is 17.8 Å². The van der Waals surface area contributed by atoms with Crippen molar-refractivity contribution in [1.29, 1.82) is 0 Å². The summed E-state index contributed by atoms with van der Waals surface area (Å²) in [4.78, 5) is 0. The molecular formula is C27H44O5. The lowest BCUT2D eigenvalue weighted by Crippen LogP contribution is -2.29. The van der Waals surface area contributed by atoms with Crippen molar-refractivity contribution in [2.24, 2.45) is 17.8 Å². The highest BCUT2D eigenvalue weighted by Gasteiger charge is 2.44. The second-order valence-electron chi connectivity index (χ2n) is 10.0. The molecule has 0 heterocycles. The summed E-state index contributed by atoms with van der Waals surface area (Å²) in [5.41, 5.74) is 2.51. The third kappa shape index (κ3) is 6.69. The smallest absolute Gasteiger partial charge is 0.189 e. The van der Waals surface area contributed by atoms with Crippen molar-refractivity contribution in [1.82, 2.24) is 0 Å². The Morgan fingerprint density at radius 1 is 1.09 bits per heavy atom. The van der Waals surface area contributed by atoms with Crippen LogP contribution in [0.4, 0.5) is 0 Å². The Hall–Kier alpha value is -1.14. The second-order valence-corrected chi connectivity index (χ2v) is 10.0. The van der Waals surface area contributed by atoms with Gasteiger partial charge in [0, 0.05) is 0 Å². The fraction of sp³-hybridized carbons (Fsp3) is 0.778. The van der Waals surface area contributed by atoms with Crippen LogP contribution in [0.1, 0.15) is 83.3 Å². The first kappa shape index (κ1) is 25.5. The van der Waals surface area contributed by atoms with Crippen LogP contribution in [-0.4, -0.2) is 46.5 Å². The van der Waals surface area contributed by atoms with Gasteiger partial charge in [0.15, 0.2) is 6.29 Å². The van der Waals surface area contributed by atoms with Crippen LogP contribution in [0.2, 0.25) is 0 Å². The van der Waals surface area contributed by atoms with Crippen LogP contribution in [0.25, 0.3) is 0 Å². The first-order valence-corrected chi connectivity index (χ1v) is 12.9. The molecule has 0 aliphatic heterocycles. The fourth-order valence-corrected chi connectivity index (χ4v) is 5.66. The van der Waals surface area contributed by atoms with E-state index in [1.807, 2.05) is 26.0 Å². The summed E-state index contributed by atoms with van der Waals surface area (Å²) in [5, 5.41) is 31.3. The first-order chi connectivity index (χ1) is 15.4. The molecule has 7 atom stereocenters. The van der Waals surface area contributed by atoms with Crippen molar-refractivity contribution in [3.8, 4) is 5.75 Å². The van der Waals surface area contributed by atoms with Crippen LogP contribution in [0.3, 0.4) is 0 Å². The molecule has 2 aliphatic carbocycles. The first-order valence-electron chi connectivity index (χ1n) is 12.9. The molecule has 3 N–H and O–H groups in total. The summed E-state index contributed by atoms with van der Waals surface area (Å²) in [7, 11) is 0. The van der Waals surface area contributed by atoms with Crippen molar-refractivity contribution in [2.75, 3.05) is 6.61 Å². The lowest BCUT2D eigenvalue weighted by molar-refractivity contribution is -0.147. The molecule has 0 bridgehead atoms. The number of rotatable bonds is 13. The molecule has 0 radical (unpaired) electrons. The topological polar surface area (TPSA) is 79.2 Å². The Labute approximate surface area is 194 Å². The molecule has 32 heavy (non-hydrogen) atoms. The Kier molecular flexibility index (Phi) is 9.84. The number of benzene rings is 1. The zero-order valence-electron chi connectivity index (χ0n) is 20.2. The third-order valence-electron chi connectivity index (χ3n) is 7.67. The van der Waals surface area contributed by atoms with E-state index in [0.717, 1.165) is 57.1 Å². The normalized spacial score (nSPS) is 27.4. The van der Waals surface area contributed by atoms with E-state index in [0.29, 0.717) is 11.8 Å². The van der Waals surface area contributed by atoms with Crippen LogP contribution in [0.5, 0.6) is 5.75 Å². The summed E-state index contributed by atoms with van der Waals surface area (Å²) in [6.07, 6.45) is 8.09. The van der Waals surface area contributed by atoms with Crippen molar-refractivity contribution >= 4 is 0 Å². The molecule has 0 aromatic heterocycles. The Morgan fingerprint density at radius 2 is 1.91 bits per heavy atom. The molecule has 3 rings (SSSR count). The Morgan fingerprint density at radius 3 is 2.66 bits per heavy atom. The number of fused-ring (bicyclic) bond motifs is 2. The molecule has 1 saturated carbocycles. The van der Waals surface area contributed by atoms with Crippen molar-refractivity contribution < 1.29 is 24.8 Å². The predicted molar refractivity (Wildman–Crippen MR) is 127 cm³/mol. The van der Waals surface area contributed by atoms with Gasteiger partial charge in [-0.2, -0.15) is 0 Å². The van der Waals surface area contributed by atoms with Gasteiger partial charge in [0.25, 0.3) is 0 Å². The van der Waals surface area contributed by atoms with Crippen molar-refractivity contribution in [3.63, 3.8) is 0 Å². The summed E-state index contributed by atoms with van der Waals surface area (Å²) >= 11 is 0. The summed E-state index contributed by atoms with van der Waals surface area (Å²) in [6, 6.07) is 6.17. The molecule has 1 aromatic rings. The number of aliphatic hydroxyl groups is 3. The lowest BCUT2D eigenvalue weighted by Gasteiger charge is -2.32. The molecule has 5 nitrogen and oxygen atoms in total. The van der Waals surface area contributed by atoms with Gasteiger partial charge in [-0.15, -0.1) is 0 Å². The Balaban J connectivity index is 1.58. The number of hydrogen-bond donors (Lipinski definition) is 3. The Bertz CT molecular complexity index is 693. The van der Waals surface area contributed by atoms with E-state index in [1.54, 1.807) is 0 Å². The van der Waals surface area contributed by atoms with Gasteiger partial charge in [-0.25, -0.2) is 0 Å². The molecule has 0 amide bonds. The van der Waals surface area contributed by atoms with Gasteiger partial charge in [0.05, 0.1) is 18.3 Å². The van der Waals surface area contributed by atoms with Gasteiger partial charge in [-0.1, -0.05) is 45.2 Å². The molecule has 1 unspecified atom stereocenters. The average molecular weight is 449 g/mol. The quantitative estimate of drug-likeness (QED) is 0.303. The standard InChI is InChI=1S/C27H44O5/c1-4-6-7-10-21(28)12-13-22-23-14-19-9-8-11-26(24(19)15-20(23)16-25(22)29)31-17-27(30)32-18(3)5-2/h8-9,11,18,20-23,25,27-30H,4-7,10,12-17H2,1-3H3/t18-,20-,21-,22+,23-,25+,27?/m0/s1. The monoisotopic (exact) mass is 448 g/mol. The molecule has 0 spiro atoms. The molecule has 182 valence electrons. The fourth-order valence-electron chi connectivity index (χ4n) is 5.66. The van der Waals surface area contributed by atoms with Crippen molar-refractivity contribution in [2.45, 2.75) is 110 Å². The molecule has 2 aliphatic rings. The second kappa shape index (κ2) is 12.4. The van der Waals surface area contributed by atoms with E-state index in [2.05, 4.69) is 13.0 Å². The zero-order valence-corrected chi connectivity index (χ0v) is 20.2. The minimum absolute atomic E-state index is 0.00104. The maximum atomic E-state index is 10.8. The minimum Gasteiger partial charge on any atom is -0.488 e. The highest BCUT2D eigenvalue weighted by molar-refractivity contribution is 5.43. The van der Waals surface area contributed by atoms with Crippen molar-refractivity contribution in [3.05, 3.63) is 29.3 Å². The van der Waals surface area contributed by atoms with Crippen LogP contribution >= 0.6 is 0 Å². The number of ether oxygens (including phenoxy) is 2. The van der Waals surface area contributed by atoms with Gasteiger partial charge < -0.3 is 24.8 Å². The minimum atomic E-state index is -0.932. The maximum Gasteiger partial charge on any atom is 0.189 e. The summed E-state index contributed by atoms with van der Waals surface area (Å²) in [6.45, 7) is 6.27. The average Bonchev–Trinajstić information content (AvgIpc) is 3.08. The molecule has 1 fully saturated rings. The van der Waals surface area contributed by atoms with Gasteiger partial charge in [0.2, 0.25) is 0 Å².